The lowest BCUT2D eigenvalue weighted by Gasteiger charge is -2.03. The Hall–Kier alpha value is -1.59. The zero-order valence-electron chi connectivity index (χ0n) is 8.80. The van der Waals surface area contributed by atoms with Crippen LogP contribution in [0.4, 0.5) is 5.95 Å². The van der Waals surface area contributed by atoms with Crippen molar-refractivity contribution in [1.82, 2.24) is 14.5 Å². The fourth-order valence-electron chi connectivity index (χ4n) is 1.75. The van der Waals surface area contributed by atoms with Crippen LogP contribution in [0.3, 0.4) is 0 Å². The molecule has 2 heterocycles. The number of rotatable bonds is 2. The van der Waals surface area contributed by atoms with Crippen molar-refractivity contribution in [2.75, 3.05) is 5.73 Å². The van der Waals surface area contributed by atoms with Crippen molar-refractivity contribution < 1.29 is 0 Å². The first-order chi connectivity index (χ1) is 8.24. The maximum Gasteiger partial charge on any atom is 0.201 e. The van der Waals surface area contributed by atoms with Crippen LogP contribution in [-0.2, 0) is 6.54 Å². The lowest BCUT2D eigenvalue weighted by Crippen LogP contribution is -2.04. The number of fused-ring (bicyclic) bond motifs is 1. The van der Waals surface area contributed by atoms with Gasteiger partial charge < -0.3 is 10.3 Å². The molecule has 0 aliphatic carbocycles. The molecule has 2 aromatic heterocycles. The van der Waals surface area contributed by atoms with Gasteiger partial charge in [-0.1, -0.05) is 11.6 Å². The SMILES string of the molecule is Nc1nc2ccc(Cl)cc2n1Cc1nccs1. The number of halogens is 1. The maximum atomic E-state index is 5.99. The van der Waals surface area contributed by atoms with Gasteiger partial charge in [0.2, 0.25) is 5.95 Å². The summed E-state index contributed by atoms with van der Waals surface area (Å²) in [6, 6.07) is 5.55. The summed E-state index contributed by atoms with van der Waals surface area (Å²) in [4.78, 5) is 8.54. The summed E-state index contributed by atoms with van der Waals surface area (Å²) in [6.07, 6.45) is 1.78. The van der Waals surface area contributed by atoms with Gasteiger partial charge in [0.1, 0.15) is 5.01 Å². The molecule has 4 nitrogen and oxygen atoms in total. The van der Waals surface area contributed by atoms with Crippen molar-refractivity contribution in [3.05, 3.63) is 39.8 Å². The van der Waals surface area contributed by atoms with E-state index in [0.29, 0.717) is 17.5 Å². The molecule has 0 saturated carbocycles. The molecule has 0 unspecified atom stereocenters. The van der Waals surface area contributed by atoms with Crippen LogP contribution in [-0.4, -0.2) is 14.5 Å². The third-order valence-electron chi connectivity index (χ3n) is 2.52. The quantitative estimate of drug-likeness (QED) is 0.774. The largest absolute Gasteiger partial charge is 0.369 e. The summed E-state index contributed by atoms with van der Waals surface area (Å²) in [5, 5.41) is 3.62. The molecule has 0 saturated heterocycles. The molecule has 0 radical (unpaired) electrons. The van der Waals surface area contributed by atoms with E-state index in [0.717, 1.165) is 16.0 Å². The summed E-state index contributed by atoms with van der Waals surface area (Å²) in [5.41, 5.74) is 7.69. The third kappa shape index (κ3) is 1.87. The van der Waals surface area contributed by atoms with Crippen molar-refractivity contribution in [3.63, 3.8) is 0 Å². The van der Waals surface area contributed by atoms with Gasteiger partial charge in [-0.05, 0) is 18.2 Å². The lowest BCUT2D eigenvalue weighted by atomic mass is 10.3. The van der Waals surface area contributed by atoms with Crippen LogP contribution in [0.15, 0.2) is 29.8 Å². The number of hydrogen-bond donors (Lipinski definition) is 1. The highest BCUT2D eigenvalue weighted by Gasteiger charge is 2.09. The Morgan fingerprint density at radius 3 is 3.06 bits per heavy atom. The van der Waals surface area contributed by atoms with Crippen LogP contribution < -0.4 is 5.73 Å². The molecule has 6 heteroatoms. The molecular weight excluding hydrogens is 256 g/mol. The van der Waals surface area contributed by atoms with Gasteiger partial charge in [0.25, 0.3) is 0 Å². The average molecular weight is 265 g/mol. The monoisotopic (exact) mass is 264 g/mol. The second kappa shape index (κ2) is 4.01. The van der Waals surface area contributed by atoms with Gasteiger partial charge in [-0.15, -0.1) is 11.3 Å². The molecule has 17 heavy (non-hydrogen) atoms. The fourth-order valence-corrected chi connectivity index (χ4v) is 2.52. The Labute approximate surface area is 107 Å². The highest BCUT2D eigenvalue weighted by molar-refractivity contribution is 7.09. The maximum absolute atomic E-state index is 5.99. The minimum absolute atomic E-state index is 0.484. The Bertz CT molecular complexity index is 659. The Kier molecular flexibility index (Phi) is 2.49. The first-order valence-electron chi connectivity index (χ1n) is 5.03. The second-order valence-corrected chi connectivity index (χ2v) is 5.03. The number of aromatic nitrogens is 3. The van der Waals surface area contributed by atoms with E-state index in [2.05, 4.69) is 9.97 Å². The Balaban J connectivity index is 2.14. The summed E-state index contributed by atoms with van der Waals surface area (Å²) < 4.78 is 1.92. The van der Waals surface area contributed by atoms with Gasteiger partial charge in [0.15, 0.2) is 0 Å². The van der Waals surface area contributed by atoms with Gasteiger partial charge in [-0.2, -0.15) is 0 Å². The van der Waals surface area contributed by atoms with Crippen LogP contribution in [0.1, 0.15) is 5.01 Å². The number of nitrogens with zero attached hydrogens (tertiary/aromatic N) is 3. The molecule has 0 atom stereocenters. The van der Waals surface area contributed by atoms with Gasteiger partial charge in [0, 0.05) is 16.6 Å². The van der Waals surface area contributed by atoms with Gasteiger partial charge >= 0.3 is 0 Å². The molecule has 2 N–H and O–H groups in total. The second-order valence-electron chi connectivity index (χ2n) is 3.62. The Morgan fingerprint density at radius 2 is 2.29 bits per heavy atom. The zero-order valence-corrected chi connectivity index (χ0v) is 10.4. The molecule has 86 valence electrons. The number of hydrogen-bond acceptors (Lipinski definition) is 4. The average Bonchev–Trinajstić information content (AvgIpc) is 2.90. The van der Waals surface area contributed by atoms with E-state index in [4.69, 9.17) is 17.3 Å². The fraction of sp³-hybridized carbons (Fsp3) is 0.0909. The van der Waals surface area contributed by atoms with E-state index in [1.165, 1.54) is 0 Å². The molecule has 1 aromatic carbocycles. The minimum atomic E-state index is 0.484. The molecule has 0 bridgehead atoms. The Morgan fingerprint density at radius 1 is 1.41 bits per heavy atom. The van der Waals surface area contributed by atoms with Crippen LogP contribution in [0.25, 0.3) is 11.0 Å². The van der Waals surface area contributed by atoms with E-state index >= 15 is 0 Å². The molecule has 0 spiro atoms. The first kappa shape index (κ1) is 10.6. The predicted molar refractivity (Wildman–Crippen MR) is 70.4 cm³/mol. The van der Waals surface area contributed by atoms with Crippen LogP contribution >= 0.6 is 22.9 Å². The van der Waals surface area contributed by atoms with Crippen molar-refractivity contribution >= 4 is 39.9 Å². The number of benzene rings is 1. The molecule has 0 aliphatic rings. The summed E-state index contributed by atoms with van der Waals surface area (Å²) in [6.45, 7) is 0.625. The van der Waals surface area contributed by atoms with Gasteiger partial charge in [0.05, 0.1) is 17.6 Å². The smallest absolute Gasteiger partial charge is 0.201 e. The van der Waals surface area contributed by atoms with Crippen molar-refractivity contribution in [3.8, 4) is 0 Å². The molecule has 3 aromatic rings. The first-order valence-corrected chi connectivity index (χ1v) is 6.29. The van der Waals surface area contributed by atoms with Crippen LogP contribution in [0, 0.1) is 0 Å². The number of nitrogens with two attached hydrogens (primary N) is 1. The lowest BCUT2D eigenvalue weighted by molar-refractivity contribution is 0.830. The number of nitrogen functional groups attached to an aromatic ring is 1. The third-order valence-corrected chi connectivity index (χ3v) is 3.52. The molecule has 0 aliphatic heterocycles. The topological polar surface area (TPSA) is 56.7 Å². The normalized spacial score (nSPS) is 11.1. The van der Waals surface area contributed by atoms with Crippen molar-refractivity contribution in [2.45, 2.75) is 6.54 Å². The van der Waals surface area contributed by atoms with Crippen LogP contribution in [0.2, 0.25) is 5.02 Å². The zero-order chi connectivity index (χ0) is 11.8. The molecule has 0 fully saturated rings. The number of thiazole rings is 1. The van der Waals surface area contributed by atoms with E-state index in [-0.39, 0.29) is 0 Å². The summed E-state index contributed by atoms with van der Waals surface area (Å²) in [7, 11) is 0. The summed E-state index contributed by atoms with van der Waals surface area (Å²) in [5.74, 6) is 0.484. The van der Waals surface area contributed by atoms with Crippen LogP contribution in [0.5, 0.6) is 0 Å². The predicted octanol–water partition coefficient (Wildman–Crippen LogP) is 2.78. The standard InChI is InChI=1S/C11H9ClN4S/c12-7-1-2-8-9(5-7)16(11(13)15-8)6-10-14-3-4-17-10/h1-5H,6H2,(H2,13,15). The molecule has 0 amide bonds. The number of anilines is 1. The van der Waals surface area contributed by atoms with Gasteiger partial charge in [-0.3, -0.25) is 0 Å². The highest BCUT2D eigenvalue weighted by Crippen LogP contribution is 2.23. The van der Waals surface area contributed by atoms with E-state index in [1.54, 1.807) is 17.5 Å². The highest BCUT2D eigenvalue weighted by atomic mass is 35.5. The van der Waals surface area contributed by atoms with Crippen molar-refractivity contribution in [1.29, 1.82) is 0 Å². The van der Waals surface area contributed by atoms with Gasteiger partial charge in [-0.25, -0.2) is 9.97 Å². The minimum Gasteiger partial charge on any atom is -0.369 e. The summed E-state index contributed by atoms with van der Waals surface area (Å²) >= 11 is 7.58. The van der Waals surface area contributed by atoms with E-state index in [1.807, 2.05) is 28.1 Å². The number of imidazole rings is 1. The van der Waals surface area contributed by atoms with E-state index in [9.17, 15) is 0 Å². The molecular formula is C11H9ClN4S. The van der Waals surface area contributed by atoms with E-state index < -0.39 is 0 Å². The molecule has 3 rings (SSSR count). The van der Waals surface area contributed by atoms with Crippen molar-refractivity contribution in [2.24, 2.45) is 0 Å².